The van der Waals surface area contributed by atoms with Gasteiger partial charge in [0, 0.05) is 5.92 Å². The van der Waals surface area contributed by atoms with E-state index in [1.807, 2.05) is 0 Å². The molecule has 0 N–H and O–H groups in total. The average molecular weight is 167 g/mol. The van der Waals surface area contributed by atoms with Gasteiger partial charge in [-0.3, -0.25) is 0 Å². The van der Waals surface area contributed by atoms with Crippen LogP contribution in [0.4, 0.5) is 0 Å². The number of nitrogens with zero attached hydrogens (tertiary/aromatic N) is 1. The summed E-state index contributed by atoms with van der Waals surface area (Å²) in [5.41, 5.74) is 3.11. The van der Waals surface area contributed by atoms with Crippen molar-refractivity contribution in [3.63, 3.8) is 0 Å². The van der Waals surface area contributed by atoms with Gasteiger partial charge < -0.3 is 0 Å². The van der Waals surface area contributed by atoms with Crippen LogP contribution in [0.5, 0.6) is 0 Å². The van der Waals surface area contributed by atoms with E-state index in [-0.39, 0.29) is 5.41 Å². The van der Waals surface area contributed by atoms with Gasteiger partial charge >= 0.3 is 0 Å². The average Bonchev–Trinajstić information content (AvgIpc) is 2.55. The van der Waals surface area contributed by atoms with E-state index in [4.69, 9.17) is 5.26 Å². The zero-order valence-corrected chi connectivity index (χ0v) is 7.20. The van der Waals surface area contributed by atoms with Gasteiger partial charge in [-0.1, -0.05) is 24.3 Å². The van der Waals surface area contributed by atoms with E-state index in [9.17, 15) is 0 Å². The lowest BCUT2D eigenvalue weighted by molar-refractivity contribution is 0.310. The Hall–Kier alpha value is -1.29. The van der Waals surface area contributed by atoms with E-state index < -0.39 is 0 Å². The largest absolute Gasteiger partial charge is 0.198 e. The Morgan fingerprint density at radius 3 is 2.85 bits per heavy atom. The molecular weight excluding hydrogens is 158 g/mol. The molecule has 13 heavy (non-hydrogen) atoms. The monoisotopic (exact) mass is 167 g/mol. The molecule has 1 nitrogen and oxygen atoms in total. The van der Waals surface area contributed by atoms with Gasteiger partial charge in [0.25, 0.3) is 0 Å². The van der Waals surface area contributed by atoms with Crippen molar-refractivity contribution in [2.45, 2.75) is 18.3 Å². The SMILES string of the molecule is N#C[C@]12C[C@@H]3c4ccccc4[C@H]1[C@H]32. The predicted octanol–water partition coefficient (Wildman–Crippen LogP) is 2.41. The summed E-state index contributed by atoms with van der Waals surface area (Å²) in [5.74, 6) is 2.05. The summed E-state index contributed by atoms with van der Waals surface area (Å²) < 4.78 is 0. The van der Waals surface area contributed by atoms with Crippen LogP contribution in [0.3, 0.4) is 0 Å². The van der Waals surface area contributed by atoms with E-state index >= 15 is 0 Å². The molecule has 0 spiro atoms. The fraction of sp³-hybridized carbons (Fsp3) is 0.417. The highest BCUT2D eigenvalue weighted by Gasteiger charge is 2.80. The third-order valence-corrected chi connectivity index (χ3v) is 4.33. The smallest absolute Gasteiger partial charge is 0.0699 e. The minimum Gasteiger partial charge on any atom is -0.198 e. The molecule has 0 bridgehead atoms. The molecule has 0 aromatic heterocycles. The molecular formula is C12H9N. The molecule has 1 aromatic rings. The Balaban J connectivity index is 1.97. The van der Waals surface area contributed by atoms with E-state index in [0.29, 0.717) is 11.8 Å². The van der Waals surface area contributed by atoms with Crippen LogP contribution in [0.15, 0.2) is 24.3 Å². The van der Waals surface area contributed by atoms with Crippen molar-refractivity contribution in [2.75, 3.05) is 0 Å². The number of rotatable bonds is 0. The lowest BCUT2D eigenvalue weighted by atomic mass is 9.69. The second-order valence-electron chi connectivity index (χ2n) is 4.60. The van der Waals surface area contributed by atoms with Crippen LogP contribution in [0.1, 0.15) is 29.4 Å². The van der Waals surface area contributed by atoms with Crippen molar-refractivity contribution in [1.29, 1.82) is 5.26 Å². The first-order chi connectivity index (χ1) is 6.38. The van der Waals surface area contributed by atoms with Crippen molar-refractivity contribution in [1.82, 2.24) is 0 Å². The van der Waals surface area contributed by atoms with Gasteiger partial charge in [0.15, 0.2) is 0 Å². The number of hydrogen-bond acceptors (Lipinski definition) is 1. The van der Waals surface area contributed by atoms with Gasteiger partial charge in [-0.15, -0.1) is 0 Å². The maximum absolute atomic E-state index is 9.08. The highest BCUT2D eigenvalue weighted by molar-refractivity contribution is 5.58. The molecule has 0 saturated heterocycles. The van der Waals surface area contributed by atoms with Crippen LogP contribution in [-0.4, -0.2) is 0 Å². The normalized spacial score (nSPS) is 47.2. The van der Waals surface area contributed by atoms with Crippen LogP contribution >= 0.6 is 0 Å². The standard InChI is InChI=1S/C12H9N/c13-6-12-5-9-7-3-1-2-4-8(7)10(12)11(9)12/h1-4,9-11H,5H2/t9-,10+,11+,12-/m1/s1. The van der Waals surface area contributed by atoms with Crippen LogP contribution in [0.25, 0.3) is 0 Å². The first kappa shape index (κ1) is 6.21. The number of fused-ring (bicyclic) bond motifs is 4. The van der Waals surface area contributed by atoms with E-state index in [1.165, 1.54) is 11.1 Å². The Bertz CT molecular complexity index is 456. The van der Waals surface area contributed by atoms with Crippen molar-refractivity contribution in [3.05, 3.63) is 35.4 Å². The first-order valence-electron chi connectivity index (χ1n) is 4.88. The third kappa shape index (κ3) is 0.425. The number of nitriles is 1. The molecule has 0 aliphatic heterocycles. The Morgan fingerprint density at radius 1 is 1.31 bits per heavy atom. The van der Waals surface area contributed by atoms with Crippen LogP contribution in [-0.2, 0) is 0 Å². The lowest BCUT2D eigenvalue weighted by Crippen LogP contribution is -2.24. The maximum Gasteiger partial charge on any atom is 0.0699 e. The van der Waals surface area contributed by atoms with Crippen molar-refractivity contribution in [2.24, 2.45) is 11.3 Å². The molecule has 0 amide bonds. The molecule has 4 rings (SSSR count). The molecule has 1 aromatic carbocycles. The third-order valence-electron chi connectivity index (χ3n) is 4.33. The van der Waals surface area contributed by atoms with Crippen LogP contribution in [0, 0.1) is 22.7 Å². The number of benzene rings is 1. The topological polar surface area (TPSA) is 23.8 Å². The summed E-state index contributed by atoms with van der Waals surface area (Å²) in [6.45, 7) is 0. The molecule has 0 unspecified atom stereocenters. The molecule has 1 heteroatoms. The van der Waals surface area contributed by atoms with Gasteiger partial charge in [-0.05, 0) is 29.4 Å². The highest BCUT2D eigenvalue weighted by Crippen LogP contribution is 2.86. The fourth-order valence-corrected chi connectivity index (χ4v) is 3.75. The molecule has 3 aliphatic rings. The fourth-order valence-electron chi connectivity index (χ4n) is 3.75. The molecule has 0 heterocycles. The summed E-state index contributed by atoms with van der Waals surface area (Å²) in [7, 11) is 0. The van der Waals surface area contributed by atoms with E-state index in [2.05, 4.69) is 30.3 Å². The van der Waals surface area contributed by atoms with Gasteiger partial charge in [0.05, 0.1) is 11.5 Å². The summed E-state index contributed by atoms with van der Waals surface area (Å²) in [6, 6.07) is 11.2. The van der Waals surface area contributed by atoms with E-state index in [0.717, 1.165) is 12.3 Å². The summed E-state index contributed by atoms with van der Waals surface area (Å²) in [4.78, 5) is 0. The molecule has 0 radical (unpaired) electrons. The Kier molecular flexibility index (Phi) is 0.729. The minimum absolute atomic E-state index is 0.0963. The van der Waals surface area contributed by atoms with Crippen molar-refractivity contribution >= 4 is 0 Å². The summed E-state index contributed by atoms with van der Waals surface area (Å²) in [6.07, 6.45) is 1.13. The van der Waals surface area contributed by atoms with Crippen molar-refractivity contribution < 1.29 is 0 Å². The number of hydrogen-bond donors (Lipinski definition) is 0. The molecule has 62 valence electrons. The molecule has 4 atom stereocenters. The second kappa shape index (κ2) is 1.53. The molecule has 3 aliphatic carbocycles. The van der Waals surface area contributed by atoms with Gasteiger partial charge in [-0.2, -0.15) is 5.26 Å². The van der Waals surface area contributed by atoms with Gasteiger partial charge in [0.1, 0.15) is 0 Å². The van der Waals surface area contributed by atoms with Gasteiger partial charge in [0.2, 0.25) is 0 Å². The quantitative estimate of drug-likeness (QED) is 0.582. The van der Waals surface area contributed by atoms with Crippen LogP contribution < -0.4 is 0 Å². The second-order valence-corrected chi connectivity index (χ2v) is 4.60. The molecule has 2 saturated carbocycles. The highest BCUT2D eigenvalue weighted by atomic mass is 14.8. The lowest BCUT2D eigenvalue weighted by Gasteiger charge is -2.32. The first-order valence-corrected chi connectivity index (χ1v) is 4.88. The Morgan fingerprint density at radius 2 is 2.08 bits per heavy atom. The predicted molar refractivity (Wildman–Crippen MR) is 48.1 cm³/mol. The minimum atomic E-state index is 0.0963. The summed E-state index contributed by atoms with van der Waals surface area (Å²) >= 11 is 0. The van der Waals surface area contributed by atoms with Crippen LogP contribution in [0.2, 0.25) is 0 Å². The Labute approximate surface area is 77.0 Å². The van der Waals surface area contributed by atoms with Gasteiger partial charge in [-0.25, -0.2) is 0 Å². The van der Waals surface area contributed by atoms with E-state index in [1.54, 1.807) is 0 Å². The maximum atomic E-state index is 9.08. The zero-order valence-electron chi connectivity index (χ0n) is 7.20. The zero-order chi connectivity index (χ0) is 8.63. The molecule has 2 fully saturated rings. The van der Waals surface area contributed by atoms with Crippen molar-refractivity contribution in [3.8, 4) is 6.07 Å². The summed E-state index contributed by atoms with van der Waals surface area (Å²) in [5, 5.41) is 9.08.